The van der Waals surface area contributed by atoms with E-state index in [4.69, 9.17) is 4.98 Å². The van der Waals surface area contributed by atoms with Crippen LogP contribution in [0.3, 0.4) is 0 Å². The summed E-state index contributed by atoms with van der Waals surface area (Å²) in [5, 5.41) is 0.850. The molecule has 0 spiro atoms. The van der Waals surface area contributed by atoms with Crippen LogP contribution < -0.4 is 0 Å². The lowest BCUT2D eigenvalue weighted by Gasteiger charge is -2.34. The van der Waals surface area contributed by atoms with Gasteiger partial charge in [-0.1, -0.05) is 48.0 Å². The normalized spacial score (nSPS) is 15.4. The standard InChI is InChI=1S/C24H27N3O3S/c1-18-7-9-19(10-8-18)23-17-21(20-5-3-4-6-22(20)25-23)24(28)27-13-11-26(12-14-27)15-16-31(2,29)30/h3-10,17H,11-16H2,1-2H3. The number of amides is 1. The van der Waals surface area contributed by atoms with Crippen molar-refractivity contribution in [3.05, 3.63) is 65.7 Å². The van der Waals surface area contributed by atoms with Gasteiger partial charge in [0.2, 0.25) is 0 Å². The third kappa shape index (κ3) is 5.11. The van der Waals surface area contributed by atoms with Crippen molar-refractivity contribution in [2.45, 2.75) is 6.92 Å². The van der Waals surface area contributed by atoms with Gasteiger partial charge >= 0.3 is 0 Å². The first-order chi connectivity index (χ1) is 14.8. The quantitative estimate of drug-likeness (QED) is 0.614. The summed E-state index contributed by atoms with van der Waals surface area (Å²) in [5.74, 6) is 0.144. The van der Waals surface area contributed by atoms with Crippen LogP contribution >= 0.6 is 0 Å². The molecule has 1 saturated heterocycles. The van der Waals surface area contributed by atoms with Gasteiger partial charge in [-0.05, 0) is 19.1 Å². The molecule has 3 aromatic rings. The number of aromatic nitrogens is 1. The minimum Gasteiger partial charge on any atom is -0.336 e. The summed E-state index contributed by atoms with van der Waals surface area (Å²) >= 11 is 0. The molecular weight excluding hydrogens is 410 g/mol. The summed E-state index contributed by atoms with van der Waals surface area (Å²) in [5.41, 5.74) is 4.40. The minimum atomic E-state index is -2.98. The first-order valence-electron chi connectivity index (χ1n) is 10.5. The Labute approximate surface area is 183 Å². The molecule has 0 radical (unpaired) electrons. The Kier molecular flexibility index (Phi) is 6.07. The predicted octanol–water partition coefficient (Wildman–Crippen LogP) is 3.01. The molecule has 0 bridgehead atoms. The van der Waals surface area contributed by atoms with Gasteiger partial charge in [0.25, 0.3) is 5.91 Å². The van der Waals surface area contributed by atoms with Gasteiger partial charge in [0.05, 0.1) is 22.5 Å². The van der Waals surface area contributed by atoms with E-state index in [1.54, 1.807) is 0 Å². The van der Waals surface area contributed by atoms with Crippen LogP contribution in [0.15, 0.2) is 54.6 Å². The predicted molar refractivity (Wildman–Crippen MR) is 124 cm³/mol. The Balaban J connectivity index is 1.58. The van der Waals surface area contributed by atoms with Crippen molar-refractivity contribution in [2.75, 3.05) is 44.7 Å². The summed E-state index contributed by atoms with van der Waals surface area (Å²) in [7, 11) is -2.98. The maximum Gasteiger partial charge on any atom is 0.254 e. The van der Waals surface area contributed by atoms with Gasteiger partial charge in [-0.2, -0.15) is 0 Å². The molecule has 162 valence electrons. The number of fused-ring (bicyclic) bond motifs is 1. The average Bonchev–Trinajstić information content (AvgIpc) is 2.77. The number of carbonyl (C=O) groups is 1. The second-order valence-corrected chi connectivity index (χ2v) is 10.5. The van der Waals surface area contributed by atoms with Gasteiger partial charge in [0, 0.05) is 49.9 Å². The van der Waals surface area contributed by atoms with E-state index >= 15 is 0 Å². The summed E-state index contributed by atoms with van der Waals surface area (Å²) in [6, 6.07) is 17.8. The van der Waals surface area contributed by atoms with Gasteiger partial charge in [0.1, 0.15) is 9.84 Å². The summed E-state index contributed by atoms with van der Waals surface area (Å²) in [4.78, 5) is 22.2. The highest BCUT2D eigenvalue weighted by Crippen LogP contribution is 2.26. The van der Waals surface area contributed by atoms with E-state index in [1.165, 1.54) is 11.8 Å². The first kappa shape index (κ1) is 21.5. The van der Waals surface area contributed by atoms with Crippen LogP contribution in [0.25, 0.3) is 22.2 Å². The number of pyridine rings is 1. The SMILES string of the molecule is Cc1ccc(-c2cc(C(=O)N3CCN(CCS(C)(=O)=O)CC3)c3ccccc3n2)cc1. The van der Waals surface area contributed by atoms with Crippen molar-refractivity contribution in [1.29, 1.82) is 0 Å². The highest BCUT2D eigenvalue weighted by atomic mass is 32.2. The van der Waals surface area contributed by atoms with E-state index in [0.717, 1.165) is 22.2 Å². The fraction of sp³-hybridized carbons (Fsp3) is 0.333. The van der Waals surface area contributed by atoms with Gasteiger partial charge in [-0.3, -0.25) is 9.69 Å². The molecule has 0 N–H and O–H groups in total. The van der Waals surface area contributed by atoms with Gasteiger partial charge < -0.3 is 4.90 Å². The second kappa shape index (κ2) is 8.77. The number of hydrogen-bond acceptors (Lipinski definition) is 5. The molecule has 7 heteroatoms. The third-order valence-corrected chi connectivity index (χ3v) is 6.66. The lowest BCUT2D eigenvalue weighted by atomic mass is 10.0. The Hall–Kier alpha value is -2.77. The first-order valence-corrected chi connectivity index (χ1v) is 12.5. The number of para-hydroxylation sites is 1. The third-order valence-electron chi connectivity index (χ3n) is 5.73. The van der Waals surface area contributed by atoms with Crippen molar-refractivity contribution >= 4 is 26.6 Å². The molecule has 2 aromatic carbocycles. The lowest BCUT2D eigenvalue weighted by molar-refractivity contribution is 0.0646. The number of benzene rings is 2. The van der Waals surface area contributed by atoms with E-state index in [1.807, 2.05) is 66.4 Å². The second-order valence-electron chi connectivity index (χ2n) is 8.20. The monoisotopic (exact) mass is 437 g/mol. The molecule has 31 heavy (non-hydrogen) atoms. The van der Waals surface area contributed by atoms with Crippen LogP contribution in [-0.2, 0) is 9.84 Å². The number of sulfone groups is 1. The molecule has 2 heterocycles. The molecule has 6 nitrogen and oxygen atoms in total. The van der Waals surface area contributed by atoms with Crippen LogP contribution in [0.4, 0.5) is 0 Å². The average molecular weight is 438 g/mol. The van der Waals surface area contributed by atoms with Crippen LogP contribution in [0.5, 0.6) is 0 Å². The molecule has 0 saturated carbocycles. The molecule has 1 aromatic heterocycles. The molecule has 1 aliphatic heterocycles. The molecule has 0 aliphatic carbocycles. The lowest BCUT2D eigenvalue weighted by Crippen LogP contribution is -2.49. The molecule has 4 rings (SSSR count). The van der Waals surface area contributed by atoms with Crippen LogP contribution in [-0.4, -0.2) is 73.8 Å². The molecule has 0 atom stereocenters. The molecule has 1 fully saturated rings. The summed E-state index contributed by atoms with van der Waals surface area (Å²) < 4.78 is 22.9. The maximum atomic E-state index is 13.5. The van der Waals surface area contributed by atoms with E-state index in [0.29, 0.717) is 38.3 Å². The summed E-state index contributed by atoms with van der Waals surface area (Å²) in [6.45, 7) is 5.07. The Morgan fingerprint density at radius 1 is 1.00 bits per heavy atom. The molecule has 1 aliphatic rings. The molecule has 0 unspecified atom stereocenters. The van der Waals surface area contributed by atoms with Gasteiger partial charge in [-0.25, -0.2) is 13.4 Å². The zero-order valence-corrected chi connectivity index (χ0v) is 18.7. The van der Waals surface area contributed by atoms with E-state index in [-0.39, 0.29) is 11.7 Å². The van der Waals surface area contributed by atoms with E-state index in [9.17, 15) is 13.2 Å². The van der Waals surface area contributed by atoms with Crippen molar-refractivity contribution in [3.63, 3.8) is 0 Å². The highest BCUT2D eigenvalue weighted by molar-refractivity contribution is 7.90. The van der Waals surface area contributed by atoms with E-state index < -0.39 is 9.84 Å². The number of piperazine rings is 1. The van der Waals surface area contributed by atoms with Crippen molar-refractivity contribution in [3.8, 4) is 11.3 Å². The van der Waals surface area contributed by atoms with Crippen LogP contribution in [0.2, 0.25) is 0 Å². The smallest absolute Gasteiger partial charge is 0.254 e. The van der Waals surface area contributed by atoms with Crippen molar-refractivity contribution in [2.24, 2.45) is 0 Å². The van der Waals surface area contributed by atoms with Crippen LogP contribution in [0.1, 0.15) is 15.9 Å². The topological polar surface area (TPSA) is 70.6 Å². The molecule has 1 amide bonds. The Morgan fingerprint density at radius 2 is 1.68 bits per heavy atom. The fourth-order valence-electron chi connectivity index (χ4n) is 3.86. The fourth-order valence-corrected chi connectivity index (χ4v) is 4.45. The Morgan fingerprint density at radius 3 is 2.35 bits per heavy atom. The van der Waals surface area contributed by atoms with Crippen LogP contribution in [0, 0.1) is 6.92 Å². The number of nitrogens with zero attached hydrogens (tertiary/aromatic N) is 3. The highest BCUT2D eigenvalue weighted by Gasteiger charge is 2.24. The van der Waals surface area contributed by atoms with Crippen molar-refractivity contribution in [1.82, 2.24) is 14.8 Å². The van der Waals surface area contributed by atoms with Gasteiger partial charge in [0.15, 0.2) is 0 Å². The number of hydrogen-bond donors (Lipinski definition) is 0. The van der Waals surface area contributed by atoms with E-state index in [2.05, 4.69) is 4.90 Å². The number of rotatable bonds is 5. The zero-order valence-electron chi connectivity index (χ0n) is 17.9. The number of carbonyl (C=O) groups excluding carboxylic acids is 1. The molecular formula is C24H27N3O3S. The largest absolute Gasteiger partial charge is 0.336 e. The van der Waals surface area contributed by atoms with Gasteiger partial charge in [-0.15, -0.1) is 0 Å². The Bertz CT molecular complexity index is 1200. The summed E-state index contributed by atoms with van der Waals surface area (Å²) in [6.07, 6.45) is 1.26. The minimum absolute atomic E-state index is 0.00488. The maximum absolute atomic E-state index is 13.5. The zero-order chi connectivity index (χ0) is 22.0. The van der Waals surface area contributed by atoms with Crippen molar-refractivity contribution < 1.29 is 13.2 Å². The number of aryl methyl sites for hydroxylation is 1.